The van der Waals surface area contributed by atoms with E-state index in [0.29, 0.717) is 11.2 Å². The van der Waals surface area contributed by atoms with Crippen LogP contribution in [0.3, 0.4) is 0 Å². The van der Waals surface area contributed by atoms with Crippen molar-refractivity contribution in [1.29, 1.82) is 0 Å². The summed E-state index contributed by atoms with van der Waals surface area (Å²) >= 11 is 3.28. The normalized spacial score (nSPS) is 11.2. The second kappa shape index (κ2) is 4.01. The summed E-state index contributed by atoms with van der Waals surface area (Å²) in [4.78, 5) is 4.50. The molecule has 0 atom stereocenters. The first-order chi connectivity index (χ1) is 8.28. The van der Waals surface area contributed by atoms with Gasteiger partial charge in [-0.05, 0) is 40.2 Å². The van der Waals surface area contributed by atoms with Gasteiger partial charge in [0.25, 0.3) is 0 Å². The molecule has 2 N–H and O–H groups in total. The molecule has 0 spiro atoms. The van der Waals surface area contributed by atoms with Crippen LogP contribution in [0.2, 0.25) is 0 Å². The largest absolute Gasteiger partial charge is 0.448 e. The molecule has 3 aromatic rings. The molecule has 0 saturated heterocycles. The lowest BCUT2D eigenvalue weighted by Gasteiger charge is -1.99. The molecule has 0 fully saturated rings. The van der Waals surface area contributed by atoms with Crippen LogP contribution in [-0.4, -0.2) is 9.38 Å². The summed E-state index contributed by atoms with van der Waals surface area (Å²) in [7, 11) is 0. The van der Waals surface area contributed by atoms with Crippen molar-refractivity contribution < 1.29 is 4.42 Å². The van der Waals surface area contributed by atoms with Gasteiger partial charge in [0, 0.05) is 18.4 Å². The zero-order chi connectivity index (χ0) is 11.8. The molecule has 0 saturated carbocycles. The van der Waals surface area contributed by atoms with Gasteiger partial charge in [-0.3, -0.25) is 0 Å². The maximum atomic E-state index is 5.69. The van der Waals surface area contributed by atoms with Crippen LogP contribution in [0.1, 0.15) is 5.69 Å². The molecule has 0 aromatic carbocycles. The van der Waals surface area contributed by atoms with Gasteiger partial charge < -0.3 is 14.6 Å². The molecular formula is C12H10BrN3O. The maximum Gasteiger partial charge on any atom is 0.169 e. The van der Waals surface area contributed by atoms with Crippen LogP contribution >= 0.6 is 15.9 Å². The Labute approximate surface area is 106 Å². The Morgan fingerprint density at radius 2 is 2.18 bits per heavy atom. The minimum Gasteiger partial charge on any atom is -0.448 e. The van der Waals surface area contributed by atoms with Crippen molar-refractivity contribution in [3.63, 3.8) is 0 Å². The minimum atomic E-state index is 0.481. The topological polar surface area (TPSA) is 56.5 Å². The van der Waals surface area contributed by atoms with E-state index in [1.54, 1.807) is 0 Å². The standard InChI is InChI=1S/C12H10BrN3O/c13-11-5-4-10(17-11)9-7-16-8(6-14)2-1-3-12(16)15-9/h1-5,7H,6,14H2. The summed E-state index contributed by atoms with van der Waals surface area (Å²) in [6.07, 6.45) is 1.93. The van der Waals surface area contributed by atoms with Crippen molar-refractivity contribution in [2.45, 2.75) is 6.54 Å². The summed E-state index contributed by atoms with van der Waals surface area (Å²) in [6.45, 7) is 0.481. The van der Waals surface area contributed by atoms with Crippen LogP contribution in [0, 0.1) is 0 Å². The Morgan fingerprint density at radius 1 is 1.29 bits per heavy atom. The molecule has 3 aromatic heterocycles. The van der Waals surface area contributed by atoms with E-state index in [0.717, 1.165) is 22.8 Å². The Balaban J connectivity index is 2.19. The number of aromatic nitrogens is 2. The zero-order valence-electron chi connectivity index (χ0n) is 8.93. The van der Waals surface area contributed by atoms with Gasteiger partial charge in [0.15, 0.2) is 10.4 Å². The highest BCUT2D eigenvalue weighted by Crippen LogP contribution is 2.24. The quantitative estimate of drug-likeness (QED) is 0.790. The van der Waals surface area contributed by atoms with Gasteiger partial charge >= 0.3 is 0 Å². The van der Waals surface area contributed by atoms with Crippen molar-refractivity contribution in [3.8, 4) is 11.5 Å². The highest BCUT2D eigenvalue weighted by Gasteiger charge is 2.09. The van der Waals surface area contributed by atoms with Crippen LogP contribution in [0.5, 0.6) is 0 Å². The third-order valence-electron chi connectivity index (χ3n) is 2.61. The summed E-state index contributed by atoms with van der Waals surface area (Å²) in [5.74, 6) is 0.739. The van der Waals surface area contributed by atoms with E-state index in [-0.39, 0.29) is 0 Å². The predicted octanol–water partition coefficient (Wildman–Crippen LogP) is 2.82. The van der Waals surface area contributed by atoms with Crippen LogP contribution in [0.15, 0.2) is 45.6 Å². The summed E-state index contributed by atoms with van der Waals surface area (Å²) in [6, 6.07) is 9.61. The third kappa shape index (κ3) is 1.77. The Bertz CT molecular complexity index is 671. The van der Waals surface area contributed by atoms with Gasteiger partial charge in [-0.15, -0.1) is 0 Å². The van der Waals surface area contributed by atoms with Crippen molar-refractivity contribution in [3.05, 3.63) is 46.9 Å². The van der Waals surface area contributed by atoms with Gasteiger partial charge in [-0.1, -0.05) is 6.07 Å². The van der Waals surface area contributed by atoms with E-state index in [9.17, 15) is 0 Å². The van der Waals surface area contributed by atoms with E-state index < -0.39 is 0 Å². The first kappa shape index (κ1) is 10.6. The van der Waals surface area contributed by atoms with Crippen LogP contribution in [0.4, 0.5) is 0 Å². The average Bonchev–Trinajstić information content (AvgIpc) is 2.93. The smallest absolute Gasteiger partial charge is 0.169 e. The highest BCUT2D eigenvalue weighted by molar-refractivity contribution is 9.10. The molecule has 3 rings (SSSR count). The molecule has 4 nitrogen and oxygen atoms in total. The second-order valence-corrected chi connectivity index (χ2v) is 4.46. The van der Waals surface area contributed by atoms with Gasteiger partial charge in [-0.2, -0.15) is 0 Å². The molecule has 0 aliphatic rings. The molecule has 0 aliphatic heterocycles. The number of nitrogens with zero attached hydrogens (tertiary/aromatic N) is 2. The van der Waals surface area contributed by atoms with E-state index in [2.05, 4.69) is 20.9 Å². The fraction of sp³-hybridized carbons (Fsp3) is 0.0833. The summed E-state index contributed by atoms with van der Waals surface area (Å²) in [5.41, 5.74) is 8.38. The van der Waals surface area contributed by atoms with E-state index >= 15 is 0 Å². The van der Waals surface area contributed by atoms with Gasteiger partial charge in [0.1, 0.15) is 11.3 Å². The number of imidazole rings is 1. The molecule has 3 heterocycles. The first-order valence-corrected chi connectivity index (χ1v) is 6.00. The number of hydrogen-bond donors (Lipinski definition) is 1. The maximum absolute atomic E-state index is 5.69. The minimum absolute atomic E-state index is 0.481. The fourth-order valence-electron chi connectivity index (χ4n) is 1.80. The number of halogens is 1. The zero-order valence-corrected chi connectivity index (χ0v) is 10.5. The van der Waals surface area contributed by atoms with Gasteiger partial charge in [0.05, 0.1) is 0 Å². The predicted molar refractivity (Wildman–Crippen MR) is 68.5 cm³/mol. The number of nitrogens with two attached hydrogens (primary N) is 1. The van der Waals surface area contributed by atoms with E-state index in [1.165, 1.54) is 0 Å². The molecule has 17 heavy (non-hydrogen) atoms. The monoisotopic (exact) mass is 291 g/mol. The van der Waals surface area contributed by atoms with Crippen molar-refractivity contribution >= 4 is 21.6 Å². The van der Waals surface area contributed by atoms with Gasteiger partial charge in [0.2, 0.25) is 0 Å². The van der Waals surface area contributed by atoms with E-state index in [4.69, 9.17) is 10.2 Å². The first-order valence-electron chi connectivity index (χ1n) is 5.21. The van der Waals surface area contributed by atoms with E-state index in [1.807, 2.05) is 40.9 Å². The number of fused-ring (bicyclic) bond motifs is 1. The van der Waals surface area contributed by atoms with Crippen molar-refractivity contribution in [2.24, 2.45) is 5.73 Å². The van der Waals surface area contributed by atoms with Crippen LogP contribution < -0.4 is 5.73 Å². The molecule has 0 bridgehead atoms. The Kier molecular flexibility index (Phi) is 2.49. The summed E-state index contributed by atoms with van der Waals surface area (Å²) in [5, 5.41) is 0. The van der Waals surface area contributed by atoms with Crippen molar-refractivity contribution in [1.82, 2.24) is 9.38 Å². The number of hydrogen-bond acceptors (Lipinski definition) is 3. The average molecular weight is 292 g/mol. The molecule has 0 amide bonds. The Morgan fingerprint density at radius 3 is 2.88 bits per heavy atom. The Hall–Kier alpha value is -1.59. The summed E-state index contributed by atoms with van der Waals surface area (Å²) < 4.78 is 8.16. The third-order valence-corrected chi connectivity index (χ3v) is 3.04. The molecule has 0 unspecified atom stereocenters. The fourth-order valence-corrected chi connectivity index (χ4v) is 2.11. The molecule has 0 aliphatic carbocycles. The molecule has 0 radical (unpaired) electrons. The highest BCUT2D eigenvalue weighted by atomic mass is 79.9. The molecule has 5 heteroatoms. The molecule has 86 valence electrons. The van der Waals surface area contributed by atoms with Crippen LogP contribution in [-0.2, 0) is 6.54 Å². The number of rotatable bonds is 2. The lowest BCUT2D eigenvalue weighted by Crippen LogP contribution is -2.02. The number of furan rings is 1. The SMILES string of the molecule is NCc1cccc2nc(-c3ccc(Br)o3)cn12. The lowest BCUT2D eigenvalue weighted by atomic mass is 10.3. The van der Waals surface area contributed by atoms with Crippen molar-refractivity contribution in [2.75, 3.05) is 0 Å². The van der Waals surface area contributed by atoms with Crippen LogP contribution in [0.25, 0.3) is 17.1 Å². The lowest BCUT2D eigenvalue weighted by molar-refractivity contribution is 0.554. The number of pyridine rings is 1. The second-order valence-electron chi connectivity index (χ2n) is 3.68. The van der Waals surface area contributed by atoms with Gasteiger partial charge in [-0.25, -0.2) is 4.98 Å². The molecular weight excluding hydrogens is 282 g/mol.